The van der Waals surface area contributed by atoms with Gasteiger partial charge in [0.05, 0.1) is 44.3 Å². The zero-order chi connectivity index (χ0) is 17.2. The second kappa shape index (κ2) is 6.94. The first-order valence-corrected chi connectivity index (χ1v) is 8.33. The number of carbonyl (C=O) groups is 1. The summed E-state index contributed by atoms with van der Waals surface area (Å²) in [6.07, 6.45) is 2.46. The van der Waals surface area contributed by atoms with E-state index in [1.165, 1.54) is 0 Å². The second-order valence-corrected chi connectivity index (χ2v) is 6.48. The molecule has 0 aromatic carbocycles. The van der Waals surface area contributed by atoms with Gasteiger partial charge >= 0.3 is 6.03 Å². The topological polar surface area (TPSA) is 72.9 Å². The monoisotopic (exact) mass is 335 g/mol. The highest BCUT2D eigenvalue weighted by atomic mass is 16.6. The average Bonchev–Trinajstić information content (AvgIpc) is 2.92. The van der Waals surface area contributed by atoms with Crippen LogP contribution < -0.4 is 10.1 Å². The van der Waals surface area contributed by atoms with E-state index < -0.39 is 0 Å². The Balaban J connectivity index is 1.59. The molecule has 2 fully saturated rings. The molecule has 3 heterocycles. The zero-order valence-electron chi connectivity index (χ0n) is 14.4. The number of ether oxygens (including phenoxy) is 3. The zero-order valence-corrected chi connectivity index (χ0v) is 14.4. The number of morpholine rings is 1. The third kappa shape index (κ3) is 3.47. The first-order chi connectivity index (χ1) is 11.5. The Hall–Kier alpha value is -1.86. The lowest BCUT2D eigenvalue weighted by atomic mass is 9.93. The number of hydrogen-bond donors (Lipinski definition) is 1. The van der Waals surface area contributed by atoms with E-state index in [-0.39, 0.29) is 23.8 Å². The van der Waals surface area contributed by atoms with Gasteiger partial charge in [-0.3, -0.25) is 4.98 Å². The van der Waals surface area contributed by atoms with Gasteiger partial charge in [0.1, 0.15) is 11.4 Å². The lowest BCUT2D eigenvalue weighted by molar-refractivity contribution is -0.159. The number of rotatable bonds is 3. The fourth-order valence-corrected chi connectivity index (χ4v) is 3.37. The van der Waals surface area contributed by atoms with Crippen LogP contribution in [0.1, 0.15) is 26.0 Å². The number of amides is 2. The highest BCUT2D eigenvalue weighted by molar-refractivity contribution is 5.74. The number of urea groups is 1. The van der Waals surface area contributed by atoms with Gasteiger partial charge in [0.25, 0.3) is 0 Å². The van der Waals surface area contributed by atoms with Crippen molar-refractivity contribution in [2.45, 2.75) is 44.6 Å². The van der Waals surface area contributed by atoms with Gasteiger partial charge in [-0.2, -0.15) is 0 Å². The quantitative estimate of drug-likeness (QED) is 0.908. The molecule has 0 bridgehead atoms. The number of carbonyl (C=O) groups excluding carboxylic acids is 1. The van der Waals surface area contributed by atoms with E-state index in [9.17, 15) is 4.79 Å². The maximum Gasteiger partial charge on any atom is 0.317 e. The third-order valence-electron chi connectivity index (χ3n) is 4.75. The van der Waals surface area contributed by atoms with Crippen LogP contribution in [-0.4, -0.2) is 60.5 Å². The van der Waals surface area contributed by atoms with E-state index in [2.05, 4.69) is 10.3 Å². The Kier molecular flexibility index (Phi) is 4.91. The summed E-state index contributed by atoms with van der Waals surface area (Å²) in [5.74, 6) is 0.698. The summed E-state index contributed by atoms with van der Waals surface area (Å²) in [5.41, 5.74) is 0.408. The van der Waals surface area contributed by atoms with Crippen molar-refractivity contribution in [1.29, 1.82) is 0 Å². The normalized spacial score (nSPS) is 29.7. The lowest BCUT2D eigenvalue weighted by Crippen LogP contribution is -2.60. The summed E-state index contributed by atoms with van der Waals surface area (Å²) in [6, 6.07) is 3.58. The molecule has 24 heavy (non-hydrogen) atoms. The average molecular weight is 335 g/mol. The minimum absolute atomic E-state index is 0.00111. The van der Waals surface area contributed by atoms with Crippen LogP contribution in [0, 0.1) is 0 Å². The molecule has 1 aromatic rings. The molecule has 3 atom stereocenters. The van der Waals surface area contributed by atoms with Crippen LogP contribution in [0.4, 0.5) is 4.79 Å². The van der Waals surface area contributed by atoms with Gasteiger partial charge in [-0.15, -0.1) is 0 Å². The molecule has 2 saturated heterocycles. The highest BCUT2D eigenvalue weighted by Gasteiger charge is 2.48. The number of hydrogen-bond acceptors (Lipinski definition) is 5. The molecule has 1 N–H and O–H groups in total. The first kappa shape index (κ1) is 17.0. The second-order valence-electron chi connectivity index (χ2n) is 6.48. The number of nitrogens with zero attached hydrogens (tertiary/aromatic N) is 2. The first-order valence-electron chi connectivity index (χ1n) is 8.33. The van der Waals surface area contributed by atoms with Crippen molar-refractivity contribution < 1.29 is 19.0 Å². The van der Waals surface area contributed by atoms with Crippen molar-refractivity contribution >= 4 is 6.03 Å². The summed E-state index contributed by atoms with van der Waals surface area (Å²) >= 11 is 0. The molecule has 1 spiro atoms. The molecule has 3 rings (SSSR count). The van der Waals surface area contributed by atoms with E-state index in [0.717, 1.165) is 12.1 Å². The van der Waals surface area contributed by atoms with Crippen LogP contribution in [0.2, 0.25) is 0 Å². The molecular weight excluding hydrogens is 310 g/mol. The number of pyridine rings is 1. The Morgan fingerprint density at radius 3 is 2.96 bits per heavy atom. The SMILES string of the molecule is COc1ccc(CNC(=O)N2CC(C)OC3(CCOC3C)C2)nc1. The molecule has 2 aliphatic rings. The fourth-order valence-electron chi connectivity index (χ4n) is 3.37. The molecule has 2 amide bonds. The molecule has 0 saturated carbocycles. The summed E-state index contributed by atoms with van der Waals surface area (Å²) < 4.78 is 16.9. The molecular formula is C17H25N3O4. The smallest absolute Gasteiger partial charge is 0.317 e. The molecule has 7 heteroatoms. The maximum absolute atomic E-state index is 12.6. The van der Waals surface area contributed by atoms with Gasteiger partial charge in [0.2, 0.25) is 0 Å². The fraction of sp³-hybridized carbons (Fsp3) is 0.647. The van der Waals surface area contributed by atoms with E-state index in [0.29, 0.717) is 32.0 Å². The van der Waals surface area contributed by atoms with Gasteiger partial charge in [-0.05, 0) is 26.0 Å². The van der Waals surface area contributed by atoms with Crippen LogP contribution in [0.25, 0.3) is 0 Å². The van der Waals surface area contributed by atoms with Crippen molar-refractivity contribution in [3.8, 4) is 5.75 Å². The molecule has 132 valence electrons. The highest BCUT2D eigenvalue weighted by Crippen LogP contribution is 2.34. The Labute approximate surface area is 142 Å². The predicted molar refractivity (Wildman–Crippen MR) is 87.9 cm³/mol. The number of nitrogens with one attached hydrogen (secondary N) is 1. The van der Waals surface area contributed by atoms with Crippen LogP contribution >= 0.6 is 0 Å². The largest absolute Gasteiger partial charge is 0.495 e. The molecule has 0 aliphatic carbocycles. The predicted octanol–water partition coefficient (Wildman–Crippen LogP) is 1.57. The van der Waals surface area contributed by atoms with Crippen molar-refractivity contribution in [2.75, 3.05) is 26.8 Å². The molecule has 7 nitrogen and oxygen atoms in total. The van der Waals surface area contributed by atoms with Gasteiger partial charge in [0.15, 0.2) is 0 Å². The van der Waals surface area contributed by atoms with Crippen LogP contribution in [0.3, 0.4) is 0 Å². The van der Waals surface area contributed by atoms with Crippen molar-refractivity contribution in [3.63, 3.8) is 0 Å². The Morgan fingerprint density at radius 2 is 2.33 bits per heavy atom. The summed E-state index contributed by atoms with van der Waals surface area (Å²) in [5, 5.41) is 2.94. The van der Waals surface area contributed by atoms with Gasteiger partial charge in [-0.1, -0.05) is 0 Å². The van der Waals surface area contributed by atoms with E-state index in [4.69, 9.17) is 14.2 Å². The summed E-state index contributed by atoms with van der Waals surface area (Å²) in [6.45, 7) is 6.21. The molecule has 3 unspecified atom stereocenters. The van der Waals surface area contributed by atoms with Crippen LogP contribution in [-0.2, 0) is 16.0 Å². The van der Waals surface area contributed by atoms with Gasteiger partial charge in [0, 0.05) is 19.6 Å². The molecule has 0 radical (unpaired) electrons. The van der Waals surface area contributed by atoms with Crippen molar-refractivity contribution in [2.24, 2.45) is 0 Å². The van der Waals surface area contributed by atoms with E-state index >= 15 is 0 Å². The molecule has 1 aromatic heterocycles. The van der Waals surface area contributed by atoms with E-state index in [1.807, 2.05) is 30.9 Å². The Bertz CT molecular complexity index is 580. The summed E-state index contributed by atoms with van der Waals surface area (Å²) in [4.78, 5) is 18.6. The number of methoxy groups -OCH3 is 1. The maximum atomic E-state index is 12.6. The Morgan fingerprint density at radius 1 is 1.50 bits per heavy atom. The van der Waals surface area contributed by atoms with Crippen LogP contribution in [0.5, 0.6) is 5.75 Å². The van der Waals surface area contributed by atoms with Gasteiger partial charge < -0.3 is 24.4 Å². The minimum Gasteiger partial charge on any atom is -0.495 e. The van der Waals surface area contributed by atoms with E-state index in [1.54, 1.807) is 13.3 Å². The third-order valence-corrected chi connectivity index (χ3v) is 4.75. The van der Waals surface area contributed by atoms with Gasteiger partial charge in [-0.25, -0.2) is 4.79 Å². The standard InChI is InChI=1S/C17H25N3O4/c1-12-10-20(11-17(24-12)6-7-23-13(17)2)16(21)19-8-14-4-5-15(22-3)9-18-14/h4-5,9,12-13H,6-8,10-11H2,1-3H3,(H,19,21). The molecule has 2 aliphatic heterocycles. The minimum atomic E-state index is -0.382. The number of aromatic nitrogens is 1. The van der Waals surface area contributed by atoms with Crippen LogP contribution in [0.15, 0.2) is 18.3 Å². The van der Waals surface area contributed by atoms with Crippen molar-refractivity contribution in [3.05, 3.63) is 24.0 Å². The lowest BCUT2D eigenvalue weighted by Gasteiger charge is -2.44. The summed E-state index contributed by atoms with van der Waals surface area (Å²) in [7, 11) is 1.60. The van der Waals surface area contributed by atoms with Crippen molar-refractivity contribution in [1.82, 2.24) is 15.2 Å².